The van der Waals surface area contributed by atoms with Crippen molar-refractivity contribution in [2.75, 3.05) is 19.0 Å². The van der Waals surface area contributed by atoms with Gasteiger partial charge in [0.05, 0.1) is 12.8 Å². The lowest BCUT2D eigenvalue weighted by Crippen LogP contribution is -2.14. The molecule has 0 saturated heterocycles. The first kappa shape index (κ1) is 12.2. The normalized spacial score (nSPS) is 12.1. The minimum Gasteiger partial charge on any atom is -0.495 e. The predicted molar refractivity (Wildman–Crippen MR) is 65.7 cm³/mol. The van der Waals surface area contributed by atoms with Crippen molar-refractivity contribution in [3.8, 4) is 5.75 Å². The highest BCUT2D eigenvalue weighted by Gasteiger charge is 2.12. The standard InChI is InChI=1S/C11H14N4O3/c1-18-9-5-3-2-4-7(9)12-6-8(16)10-13-11(17)15-14-10/h2-5,8,12,16H,6H2,1H3,(H2,13,14,15,17). The van der Waals surface area contributed by atoms with E-state index in [-0.39, 0.29) is 12.4 Å². The maximum absolute atomic E-state index is 10.8. The number of ether oxygens (including phenoxy) is 1. The Hall–Kier alpha value is -2.28. The van der Waals surface area contributed by atoms with Crippen LogP contribution in [0.5, 0.6) is 5.75 Å². The fourth-order valence-corrected chi connectivity index (χ4v) is 1.54. The minimum absolute atomic E-state index is 0.197. The summed E-state index contributed by atoms with van der Waals surface area (Å²) < 4.78 is 5.16. The Kier molecular flexibility index (Phi) is 3.63. The van der Waals surface area contributed by atoms with Gasteiger partial charge in [-0.15, -0.1) is 0 Å². The Morgan fingerprint density at radius 3 is 2.94 bits per heavy atom. The van der Waals surface area contributed by atoms with E-state index < -0.39 is 11.8 Å². The topological polar surface area (TPSA) is 103 Å². The van der Waals surface area contributed by atoms with E-state index in [2.05, 4.69) is 20.5 Å². The second kappa shape index (κ2) is 5.37. The molecule has 18 heavy (non-hydrogen) atoms. The van der Waals surface area contributed by atoms with Gasteiger partial charge in [0.1, 0.15) is 11.9 Å². The molecule has 2 rings (SSSR count). The third-order valence-corrected chi connectivity index (χ3v) is 2.43. The van der Waals surface area contributed by atoms with E-state index in [0.717, 1.165) is 5.69 Å². The second-order valence-electron chi connectivity index (χ2n) is 3.66. The molecule has 0 aliphatic carbocycles. The van der Waals surface area contributed by atoms with Crippen molar-refractivity contribution in [1.29, 1.82) is 0 Å². The van der Waals surface area contributed by atoms with Crippen LogP contribution in [0.3, 0.4) is 0 Å². The minimum atomic E-state index is -0.908. The van der Waals surface area contributed by atoms with Gasteiger partial charge in [-0.1, -0.05) is 12.1 Å². The lowest BCUT2D eigenvalue weighted by Gasteiger charge is -2.13. The van der Waals surface area contributed by atoms with Crippen molar-refractivity contribution in [2.24, 2.45) is 0 Å². The fraction of sp³-hybridized carbons (Fsp3) is 0.273. The van der Waals surface area contributed by atoms with Crippen LogP contribution in [0.25, 0.3) is 0 Å². The average Bonchev–Trinajstić information content (AvgIpc) is 2.83. The van der Waals surface area contributed by atoms with Gasteiger partial charge in [-0.05, 0) is 12.1 Å². The number of aromatic nitrogens is 3. The Morgan fingerprint density at radius 1 is 1.50 bits per heavy atom. The number of hydrogen-bond donors (Lipinski definition) is 4. The number of para-hydroxylation sites is 2. The number of aliphatic hydroxyl groups excluding tert-OH is 1. The molecule has 0 fully saturated rings. The molecule has 1 unspecified atom stereocenters. The number of nitrogens with zero attached hydrogens (tertiary/aromatic N) is 1. The third kappa shape index (κ3) is 2.69. The summed E-state index contributed by atoms with van der Waals surface area (Å²) in [5.41, 5.74) is 0.318. The van der Waals surface area contributed by atoms with E-state index in [4.69, 9.17) is 4.74 Å². The lowest BCUT2D eigenvalue weighted by atomic mass is 10.2. The van der Waals surface area contributed by atoms with Gasteiger partial charge in [0.15, 0.2) is 5.82 Å². The van der Waals surface area contributed by atoms with Gasteiger partial charge in [-0.25, -0.2) is 9.89 Å². The van der Waals surface area contributed by atoms with Crippen LogP contribution in [0.1, 0.15) is 11.9 Å². The summed E-state index contributed by atoms with van der Waals surface area (Å²) in [5, 5.41) is 18.7. The monoisotopic (exact) mass is 250 g/mol. The number of H-pyrrole nitrogens is 2. The molecule has 0 spiro atoms. The van der Waals surface area contributed by atoms with Crippen molar-refractivity contribution < 1.29 is 9.84 Å². The highest BCUT2D eigenvalue weighted by Crippen LogP contribution is 2.23. The zero-order valence-corrected chi connectivity index (χ0v) is 9.80. The molecule has 4 N–H and O–H groups in total. The molecule has 0 bridgehead atoms. The zero-order valence-electron chi connectivity index (χ0n) is 9.80. The number of rotatable bonds is 5. The summed E-state index contributed by atoms with van der Waals surface area (Å²) in [7, 11) is 1.57. The van der Waals surface area contributed by atoms with Crippen molar-refractivity contribution in [2.45, 2.75) is 6.10 Å². The van der Waals surface area contributed by atoms with Gasteiger partial charge in [0.25, 0.3) is 0 Å². The van der Waals surface area contributed by atoms with Crippen LogP contribution in [0.15, 0.2) is 29.1 Å². The van der Waals surface area contributed by atoms with Crippen molar-refractivity contribution in [3.63, 3.8) is 0 Å². The van der Waals surface area contributed by atoms with Gasteiger partial charge in [0, 0.05) is 6.54 Å². The first-order chi connectivity index (χ1) is 8.70. The van der Waals surface area contributed by atoms with Crippen molar-refractivity contribution >= 4 is 5.69 Å². The molecule has 0 aliphatic heterocycles. The highest BCUT2D eigenvalue weighted by molar-refractivity contribution is 5.56. The van der Waals surface area contributed by atoms with Gasteiger partial charge in [-0.2, -0.15) is 5.10 Å². The number of aliphatic hydroxyl groups is 1. The number of hydrogen-bond acceptors (Lipinski definition) is 5. The predicted octanol–water partition coefficient (Wildman–Crippen LogP) is 0.252. The van der Waals surface area contributed by atoms with Crippen molar-refractivity contribution in [1.82, 2.24) is 15.2 Å². The first-order valence-corrected chi connectivity index (χ1v) is 5.40. The molecule has 0 radical (unpaired) electrons. The molecule has 96 valence electrons. The molecular weight excluding hydrogens is 236 g/mol. The molecule has 1 atom stereocenters. The van der Waals surface area contributed by atoms with Crippen LogP contribution >= 0.6 is 0 Å². The maximum atomic E-state index is 10.8. The molecule has 1 heterocycles. The van der Waals surface area contributed by atoms with Crippen LogP contribution in [0, 0.1) is 0 Å². The summed E-state index contributed by atoms with van der Waals surface area (Å²) in [6, 6.07) is 7.35. The van der Waals surface area contributed by atoms with Crippen LogP contribution < -0.4 is 15.7 Å². The summed E-state index contributed by atoms with van der Waals surface area (Å²) in [6.45, 7) is 0.209. The highest BCUT2D eigenvalue weighted by atomic mass is 16.5. The van der Waals surface area contributed by atoms with Crippen LogP contribution in [-0.2, 0) is 0 Å². The largest absolute Gasteiger partial charge is 0.495 e. The Balaban J connectivity index is 2.01. The molecule has 0 saturated carbocycles. The Labute approximate surface area is 103 Å². The number of anilines is 1. The zero-order chi connectivity index (χ0) is 13.0. The van der Waals surface area contributed by atoms with E-state index in [1.807, 2.05) is 24.3 Å². The summed E-state index contributed by atoms with van der Waals surface area (Å²) >= 11 is 0. The third-order valence-electron chi connectivity index (χ3n) is 2.43. The summed E-state index contributed by atoms with van der Waals surface area (Å²) in [5.74, 6) is 0.877. The van der Waals surface area contributed by atoms with E-state index in [1.165, 1.54) is 0 Å². The molecule has 1 aromatic carbocycles. The summed E-state index contributed by atoms with van der Waals surface area (Å²) in [4.78, 5) is 13.2. The molecule has 7 heteroatoms. The molecule has 0 aliphatic rings. The SMILES string of the molecule is COc1ccccc1NCC(O)c1n[nH]c(=O)[nH]1. The van der Waals surface area contributed by atoms with Gasteiger partial charge in [0.2, 0.25) is 0 Å². The van der Waals surface area contributed by atoms with Crippen molar-refractivity contribution in [3.05, 3.63) is 40.6 Å². The molecule has 2 aromatic rings. The second-order valence-corrected chi connectivity index (χ2v) is 3.66. The Bertz CT molecular complexity index is 563. The number of methoxy groups -OCH3 is 1. The molecule has 1 aromatic heterocycles. The number of nitrogens with one attached hydrogen (secondary N) is 3. The quantitative estimate of drug-likeness (QED) is 0.609. The van der Waals surface area contributed by atoms with E-state index in [0.29, 0.717) is 5.75 Å². The molecular formula is C11H14N4O3. The Morgan fingerprint density at radius 2 is 2.28 bits per heavy atom. The molecule has 0 amide bonds. The summed E-state index contributed by atoms with van der Waals surface area (Å²) in [6.07, 6.45) is -0.908. The lowest BCUT2D eigenvalue weighted by molar-refractivity contribution is 0.181. The fourth-order valence-electron chi connectivity index (χ4n) is 1.54. The van der Waals surface area contributed by atoms with Crippen LogP contribution in [0.4, 0.5) is 5.69 Å². The molecule has 7 nitrogen and oxygen atoms in total. The van der Waals surface area contributed by atoms with Crippen LogP contribution in [-0.4, -0.2) is 33.9 Å². The van der Waals surface area contributed by atoms with Crippen LogP contribution in [0.2, 0.25) is 0 Å². The number of aromatic amines is 2. The van der Waals surface area contributed by atoms with E-state index >= 15 is 0 Å². The number of benzene rings is 1. The van der Waals surface area contributed by atoms with Gasteiger partial charge in [-0.3, -0.25) is 4.98 Å². The van der Waals surface area contributed by atoms with Gasteiger partial charge < -0.3 is 15.2 Å². The van der Waals surface area contributed by atoms with E-state index in [9.17, 15) is 9.90 Å². The first-order valence-electron chi connectivity index (χ1n) is 5.40. The smallest absolute Gasteiger partial charge is 0.340 e. The maximum Gasteiger partial charge on any atom is 0.340 e. The van der Waals surface area contributed by atoms with Gasteiger partial charge >= 0.3 is 5.69 Å². The average molecular weight is 250 g/mol. The van der Waals surface area contributed by atoms with E-state index in [1.54, 1.807) is 7.11 Å².